The Kier molecular flexibility index (Phi) is 18.3. The number of likely N-dealkylation sites (tertiary alicyclic amines) is 1. The summed E-state index contributed by atoms with van der Waals surface area (Å²) in [5, 5.41) is 37.4. The zero-order chi connectivity index (χ0) is 47.5. The van der Waals surface area contributed by atoms with Crippen molar-refractivity contribution < 1.29 is 48.7 Å². The van der Waals surface area contributed by atoms with Crippen molar-refractivity contribution in [3.8, 4) is 16.2 Å². The van der Waals surface area contributed by atoms with Crippen LogP contribution < -0.4 is 10.6 Å². The van der Waals surface area contributed by atoms with Crippen molar-refractivity contribution in [2.45, 2.75) is 129 Å². The highest BCUT2D eigenvalue weighted by Crippen LogP contribution is 2.62. The number of thiazole rings is 1. The molecule has 14 nitrogen and oxygen atoms in total. The van der Waals surface area contributed by atoms with Gasteiger partial charge in [0.25, 0.3) is 0 Å². The molecule has 2 heterocycles. The maximum atomic E-state index is 13.9. The molecule has 3 aliphatic carbocycles. The van der Waals surface area contributed by atoms with E-state index >= 15 is 0 Å². The van der Waals surface area contributed by atoms with Crippen LogP contribution in [-0.4, -0.2) is 127 Å². The number of carbonyl (C=O) groups excluding carboxylic acids is 3. The van der Waals surface area contributed by atoms with Crippen molar-refractivity contribution in [3.63, 3.8) is 0 Å². The van der Waals surface area contributed by atoms with Gasteiger partial charge in [-0.15, -0.1) is 11.3 Å². The molecule has 0 radical (unpaired) electrons. The van der Waals surface area contributed by atoms with E-state index in [4.69, 9.17) is 18.9 Å². The SMILES string of the molecule is Cc1ncsc1-c1ccc(CNC(=O)[C@@H]2C[C@@H](O)CCN2C(=O)[C@@H](NC(=O)COCCOCCOCCOCCCC[C@@H]2Cc3cc(O)ccc3[C@H]3CC[C@]4(C)[C@@H](O)CC[C@H]4[C@H]23)C(C)C)cc1. The van der Waals surface area contributed by atoms with E-state index in [1.807, 2.05) is 62.7 Å². The number of phenolic OH excluding ortho intramolecular Hbond substituents is 1. The number of nitrogens with one attached hydrogen (secondary N) is 2. The second-order valence-electron chi connectivity index (χ2n) is 19.9. The van der Waals surface area contributed by atoms with Crippen molar-refractivity contribution in [2.75, 3.05) is 59.4 Å². The number of nitrogens with zero attached hydrogens (tertiary/aromatic N) is 2. The number of hydrogen-bond acceptors (Lipinski definition) is 12. The maximum Gasteiger partial charge on any atom is 0.246 e. The molecule has 4 aliphatic rings. The molecule has 3 amide bonds. The molecule has 3 fully saturated rings. The Bertz CT molecular complexity index is 2080. The van der Waals surface area contributed by atoms with Crippen LogP contribution in [0.5, 0.6) is 5.75 Å². The van der Waals surface area contributed by atoms with Gasteiger partial charge in [-0.05, 0) is 128 Å². The van der Waals surface area contributed by atoms with Crippen molar-refractivity contribution in [2.24, 2.45) is 29.1 Å². The van der Waals surface area contributed by atoms with Crippen LogP contribution in [0.15, 0.2) is 48.0 Å². The lowest BCUT2D eigenvalue weighted by Gasteiger charge is -2.53. The number of amides is 3. The third kappa shape index (κ3) is 12.8. The number of carbonyl (C=O) groups is 3. The van der Waals surface area contributed by atoms with Gasteiger partial charge < -0.3 is 49.8 Å². The van der Waals surface area contributed by atoms with E-state index in [-0.39, 0.29) is 68.6 Å². The lowest BCUT2D eigenvalue weighted by atomic mass is 9.52. The summed E-state index contributed by atoms with van der Waals surface area (Å²) < 4.78 is 22.7. The number of aromatic hydroxyl groups is 1. The van der Waals surface area contributed by atoms with Gasteiger partial charge in [0.2, 0.25) is 17.7 Å². The third-order valence-corrected chi connectivity index (χ3v) is 16.1. The Morgan fingerprint density at radius 2 is 1.63 bits per heavy atom. The molecule has 5 N–H and O–H groups in total. The van der Waals surface area contributed by atoms with Crippen LogP contribution in [0, 0.1) is 36.0 Å². The molecule has 7 rings (SSSR count). The topological polar surface area (TPSA) is 189 Å². The van der Waals surface area contributed by atoms with Crippen molar-refractivity contribution in [1.82, 2.24) is 20.5 Å². The number of aliphatic hydroxyl groups is 2. The fourth-order valence-electron chi connectivity index (χ4n) is 11.5. The monoisotopic (exact) mass is 947 g/mol. The molecule has 0 spiro atoms. The average Bonchev–Trinajstić information content (AvgIpc) is 3.88. The lowest BCUT2D eigenvalue weighted by Crippen LogP contribution is -2.60. The number of aryl methyl sites for hydroxylation is 1. The summed E-state index contributed by atoms with van der Waals surface area (Å²) in [7, 11) is 0. The summed E-state index contributed by atoms with van der Waals surface area (Å²) >= 11 is 1.58. The Labute approximate surface area is 400 Å². The smallest absolute Gasteiger partial charge is 0.246 e. The van der Waals surface area contributed by atoms with E-state index in [0.717, 1.165) is 73.1 Å². The quantitative estimate of drug-likeness (QED) is 0.0671. The van der Waals surface area contributed by atoms with Gasteiger partial charge in [-0.3, -0.25) is 14.4 Å². The van der Waals surface area contributed by atoms with Gasteiger partial charge in [0, 0.05) is 26.1 Å². The van der Waals surface area contributed by atoms with Crippen LogP contribution in [0.2, 0.25) is 0 Å². The number of ether oxygens (including phenoxy) is 4. The summed E-state index contributed by atoms with van der Waals surface area (Å²) in [5.41, 5.74) is 7.49. The van der Waals surface area contributed by atoms with E-state index < -0.39 is 24.1 Å². The van der Waals surface area contributed by atoms with Crippen molar-refractivity contribution in [3.05, 3.63) is 70.4 Å². The predicted octanol–water partition coefficient (Wildman–Crippen LogP) is 6.31. The lowest BCUT2D eigenvalue weighted by molar-refractivity contribution is -0.148. The van der Waals surface area contributed by atoms with E-state index in [9.17, 15) is 29.7 Å². The predicted molar refractivity (Wildman–Crippen MR) is 256 cm³/mol. The fraction of sp³-hybridized carbons (Fsp3) is 0.654. The molecule has 2 saturated carbocycles. The fourth-order valence-corrected chi connectivity index (χ4v) is 12.3. The van der Waals surface area contributed by atoms with Gasteiger partial charge in [-0.25, -0.2) is 4.98 Å². The van der Waals surface area contributed by atoms with Gasteiger partial charge in [0.05, 0.1) is 67.9 Å². The summed E-state index contributed by atoms with van der Waals surface area (Å²) in [6.45, 7) is 11.1. The first-order valence-corrected chi connectivity index (χ1v) is 25.6. The molecule has 15 heteroatoms. The molecule has 0 unspecified atom stereocenters. The highest BCUT2D eigenvalue weighted by molar-refractivity contribution is 7.13. The molecule has 1 aromatic heterocycles. The number of aromatic nitrogens is 1. The molecule has 67 heavy (non-hydrogen) atoms. The standard InChI is InChI=1S/C52H74N4O10S/c1-33(2)48(51(62)56-19-17-40(58)29-44(56)50(61)53-30-35-8-10-36(11-9-35)49-34(3)54-32-67-49)55-46(60)31-66-26-25-65-24-23-64-22-21-63-20-6-5-7-37-27-38-28-39(57)12-13-41(38)42-16-18-52(4)43(47(37)42)14-15-45(52)59/h8-13,28,32-33,37,40,42-45,47-48,57-59H,5-7,14-27,29-31H2,1-4H3,(H,53,61)(H,55,60)/t37-,40+,42-,43+,44+,45+,47-,48+,52+/m1/s1. The molecule has 2 aromatic carbocycles. The number of fused-ring (bicyclic) bond motifs is 5. The first-order valence-electron chi connectivity index (χ1n) is 24.7. The van der Waals surface area contributed by atoms with Crippen LogP contribution in [-0.2, 0) is 46.3 Å². The second kappa shape index (κ2) is 24.0. The van der Waals surface area contributed by atoms with E-state index in [1.165, 1.54) is 16.0 Å². The van der Waals surface area contributed by atoms with Crippen LogP contribution >= 0.6 is 11.3 Å². The molecule has 3 aromatic rings. The maximum absolute atomic E-state index is 13.9. The number of benzene rings is 2. The van der Waals surface area contributed by atoms with E-state index in [2.05, 4.69) is 28.6 Å². The minimum Gasteiger partial charge on any atom is -0.508 e. The zero-order valence-corrected chi connectivity index (χ0v) is 40.8. The normalized spacial score (nSPS) is 26.1. The number of hydrogen-bond donors (Lipinski definition) is 5. The number of rotatable bonds is 23. The zero-order valence-electron chi connectivity index (χ0n) is 40.0. The van der Waals surface area contributed by atoms with Crippen LogP contribution in [0.1, 0.15) is 107 Å². The number of phenols is 1. The Hall–Kier alpha value is -3.96. The molecule has 1 aliphatic heterocycles. The minimum absolute atomic E-state index is 0.0186. The highest BCUT2D eigenvalue weighted by atomic mass is 32.1. The number of unbranched alkanes of at least 4 members (excludes halogenated alkanes) is 1. The number of piperidine rings is 1. The summed E-state index contributed by atoms with van der Waals surface area (Å²) in [5.74, 6) is 1.12. The largest absolute Gasteiger partial charge is 0.508 e. The van der Waals surface area contributed by atoms with Crippen molar-refractivity contribution in [1.29, 1.82) is 0 Å². The Morgan fingerprint density at radius 3 is 2.33 bits per heavy atom. The molecule has 1 saturated heterocycles. The molecule has 0 bridgehead atoms. The molecular weight excluding hydrogens is 873 g/mol. The van der Waals surface area contributed by atoms with Crippen molar-refractivity contribution >= 4 is 29.1 Å². The summed E-state index contributed by atoms with van der Waals surface area (Å²) in [6, 6.07) is 12.1. The Balaban J connectivity index is 0.731. The highest BCUT2D eigenvalue weighted by Gasteiger charge is 2.56. The summed E-state index contributed by atoms with van der Waals surface area (Å²) in [6.07, 6.45) is 7.94. The van der Waals surface area contributed by atoms with Crippen LogP contribution in [0.3, 0.4) is 0 Å². The van der Waals surface area contributed by atoms with Crippen LogP contribution in [0.4, 0.5) is 0 Å². The van der Waals surface area contributed by atoms with E-state index in [0.29, 0.717) is 68.9 Å². The first kappa shape index (κ1) is 50.9. The molecule has 368 valence electrons. The second-order valence-corrected chi connectivity index (χ2v) is 20.7. The third-order valence-electron chi connectivity index (χ3n) is 15.1. The molecule has 9 atom stereocenters. The average molecular weight is 947 g/mol. The van der Waals surface area contributed by atoms with E-state index in [1.54, 1.807) is 11.3 Å². The van der Waals surface area contributed by atoms with Gasteiger partial charge in [0.15, 0.2) is 0 Å². The number of aliphatic hydroxyl groups excluding tert-OH is 2. The molecular formula is C52H74N4O10S. The van der Waals surface area contributed by atoms with Gasteiger partial charge in [0.1, 0.15) is 24.4 Å². The Morgan fingerprint density at radius 1 is 0.910 bits per heavy atom. The van der Waals surface area contributed by atoms with Gasteiger partial charge >= 0.3 is 0 Å². The van der Waals surface area contributed by atoms with Gasteiger partial charge in [-0.1, -0.05) is 57.5 Å². The van der Waals surface area contributed by atoms with Gasteiger partial charge in [-0.2, -0.15) is 0 Å². The first-order chi connectivity index (χ1) is 32.3. The summed E-state index contributed by atoms with van der Waals surface area (Å²) in [4.78, 5) is 47.2. The minimum atomic E-state index is -0.872. The van der Waals surface area contributed by atoms with Crippen LogP contribution in [0.25, 0.3) is 10.4 Å².